The van der Waals surface area contributed by atoms with Gasteiger partial charge in [-0.2, -0.15) is 0 Å². The minimum Gasteiger partial charge on any atom is -0.458 e. The lowest BCUT2D eigenvalue weighted by Gasteiger charge is -2.65. The molecule has 136 valence electrons. The number of carbonyl (C=O) groups excluding carboxylic acids is 1. The highest BCUT2D eigenvalue weighted by Crippen LogP contribution is 2.69. The molecule has 2 unspecified atom stereocenters. The summed E-state index contributed by atoms with van der Waals surface area (Å²) in [7, 11) is 0. The van der Waals surface area contributed by atoms with Crippen molar-refractivity contribution < 1.29 is 9.53 Å². The van der Waals surface area contributed by atoms with Gasteiger partial charge < -0.3 is 4.74 Å². The summed E-state index contributed by atoms with van der Waals surface area (Å²) in [5.41, 5.74) is 1.72. The lowest BCUT2D eigenvalue weighted by atomic mass is 9.52. The highest BCUT2D eigenvalue weighted by molar-refractivity contribution is 5.71. The first-order chi connectivity index (χ1) is 12.1. The van der Waals surface area contributed by atoms with Crippen LogP contribution in [0.25, 0.3) is 0 Å². The minimum atomic E-state index is -0.235. The van der Waals surface area contributed by atoms with Crippen LogP contribution in [0.4, 0.5) is 0 Å². The molecule has 1 spiro atoms. The Morgan fingerprint density at radius 2 is 2.08 bits per heavy atom. The quantitative estimate of drug-likeness (QED) is 0.494. The Labute approximate surface area is 151 Å². The van der Waals surface area contributed by atoms with Gasteiger partial charge in [-0.15, -0.1) is 0 Å². The van der Waals surface area contributed by atoms with Gasteiger partial charge in [0.1, 0.15) is 5.60 Å². The van der Waals surface area contributed by atoms with Crippen molar-refractivity contribution in [3.05, 3.63) is 11.6 Å². The van der Waals surface area contributed by atoms with Crippen LogP contribution in [0.2, 0.25) is 0 Å². The van der Waals surface area contributed by atoms with Crippen LogP contribution in [-0.4, -0.2) is 35.1 Å². The molecule has 3 aliphatic carbocycles. The van der Waals surface area contributed by atoms with Crippen LogP contribution in [0.1, 0.15) is 65.2 Å². The Morgan fingerprint density at radius 1 is 1.20 bits per heavy atom. The van der Waals surface area contributed by atoms with E-state index < -0.39 is 0 Å². The molecule has 3 saturated heterocycles. The maximum atomic E-state index is 12.4. The van der Waals surface area contributed by atoms with E-state index in [1.165, 1.54) is 45.1 Å². The van der Waals surface area contributed by atoms with Gasteiger partial charge in [-0.3, -0.25) is 9.69 Å². The number of hydrogen-bond acceptors (Lipinski definition) is 3. The molecule has 6 aliphatic rings. The number of hydrogen-bond donors (Lipinski definition) is 0. The average Bonchev–Trinajstić information content (AvgIpc) is 3.27. The molecule has 0 aromatic carbocycles. The van der Waals surface area contributed by atoms with Gasteiger partial charge in [0.15, 0.2) is 0 Å². The third kappa shape index (κ3) is 1.62. The SMILES string of the molecule is CC1CN2[C@@H]3C4=CCC[C@@H]4CC[C@H]3[C@]3(C)OC(=O)CC[C@]34CCC1[C@@H]24. The number of allylic oxidation sites excluding steroid dienone is 1. The lowest BCUT2D eigenvalue weighted by Crippen LogP contribution is -2.73. The third-order valence-corrected chi connectivity index (χ3v) is 9.55. The maximum Gasteiger partial charge on any atom is 0.306 e. The topological polar surface area (TPSA) is 29.5 Å². The molecule has 0 N–H and O–H groups in total. The molecule has 3 aliphatic heterocycles. The number of ether oxygens (including phenoxy) is 1. The van der Waals surface area contributed by atoms with E-state index in [4.69, 9.17) is 4.74 Å². The summed E-state index contributed by atoms with van der Waals surface area (Å²) >= 11 is 0. The van der Waals surface area contributed by atoms with E-state index in [-0.39, 0.29) is 17.0 Å². The summed E-state index contributed by atoms with van der Waals surface area (Å²) in [6.45, 7) is 6.10. The van der Waals surface area contributed by atoms with Crippen LogP contribution in [0.5, 0.6) is 0 Å². The van der Waals surface area contributed by atoms with Gasteiger partial charge in [0, 0.05) is 36.4 Å². The van der Waals surface area contributed by atoms with Crippen molar-refractivity contribution in [2.45, 2.75) is 82.9 Å². The monoisotopic (exact) mass is 341 g/mol. The summed E-state index contributed by atoms with van der Waals surface area (Å²) in [6, 6.07) is 1.21. The molecule has 3 heterocycles. The molecule has 6 rings (SSSR count). The summed E-state index contributed by atoms with van der Waals surface area (Å²) in [4.78, 5) is 15.3. The molecule has 0 aromatic rings. The molecule has 25 heavy (non-hydrogen) atoms. The van der Waals surface area contributed by atoms with Crippen LogP contribution in [0.15, 0.2) is 11.6 Å². The Morgan fingerprint density at radius 3 is 2.96 bits per heavy atom. The van der Waals surface area contributed by atoms with Gasteiger partial charge in [-0.05, 0) is 69.6 Å². The van der Waals surface area contributed by atoms with Crippen molar-refractivity contribution in [2.24, 2.45) is 29.1 Å². The van der Waals surface area contributed by atoms with Gasteiger partial charge in [0.2, 0.25) is 0 Å². The molecule has 5 fully saturated rings. The summed E-state index contributed by atoms with van der Waals surface area (Å²) < 4.78 is 6.37. The van der Waals surface area contributed by atoms with Crippen molar-refractivity contribution in [3.63, 3.8) is 0 Å². The predicted octanol–water partition coefficient (Wildman–Crippen LogP) is 3.93. The first-order valence-electron chi connectivity index (χ1n) is 10.7. The van der Waals surface area contributed by atoms with E-state index >= 15 is 0 Å². The van der Waals surface area contributed by atoms with E-state index in [2.05, 4.69) is 24.8 Å². The van der Waals surface area contributed by atoms with E-state index in [0.29, 0.717) is 24.4 Å². The van der Waals surface area contributed by atoms with Crippen molar-refractivity contribution in [1.29, 1.82) is 0 Å². The van der Waals surface area contributed by atoms with Crippen LogP contribution in [0, 0.1) is 29.1 Å². The van der Waals surface area contributed by atoms with E-state index in [1.807, 2.05) is 0 Å². The summed E-state index contributed by atoms with van der Waals surface area (Å²) in [6.07, 6.45) is 12.1. The van der Waals surface area contributed by atoms with Crippen LogP contribution < -0.4 is 0 Å². The molecular weight excluding hydrogens is 310 g/mol. The van der Waals surface area contributed by atoms with Gasteiger partial charge in [0.25, 0.3) is 0 Å². The van der Waals surface area contributed by atoms with Crippen molar-refractivity contribution in [2.75, 3.05) is 6.54 Å². The van der Waals surface area contributed by atoms with Crippen LogP contribution in [-0.2, 0) is 9.53 Å². The molecule has 2 saturated carbocycles. The molecule has 0 radical (unpaired) electrons. The number of carbonyl (C=O) groups is 1. The first kappa shape index (κ1) is 15.2. The zero-order valence-corrected chi connectivity index (χ0v) is 15.7. The fraction of sp³-hybridized carbons (Fsp3) is 0.864. The molecule has 3 nitrogen and oxygen atoms in total. The third-order valence-electron chi connectivity index (χ3n) is 9.55. The van der Waals surface area contributed by atoms with Crippen molar-refractivity contribution >= 4 is 5.97 Å². The molecule has 0 amide bonds. The number of rotatable bonds is 0. The zero-order chi connectivity index (χ0) is 17.0. The Balaban J connectivity index is 1.54. The number of nitrogens with zero attached hydrogens (tertiary/aromatic N) is 1. The Kier molecular flexibility index (Phi) is 2.87. The first-order valence-corrected chi connectivity index (χ1v) is 10.7. The normalized spacial score (nSPS) is 56.6. The van der Waals surface area contributed by atoms with Crippen molar-refractivity contribution in [1.82, 2.24) is 4.90 Å². The highest BCUT2D eigenvalue weighted by atomic mass is 16.6. The predicted molar refractivity (Wildman–Crippen MR) is 95.9 cm³/mol. The molecule has 0 aromatic heterocycles. The van der Waals surface area contributed by atoms with Crippen LogP contribution >= 0.6 is 0 Å². The van der Waals surface area contributed by atoms with Gasteiger partial charge in [-0.1, -0.05) is 18.6 Å². The Bertz CT molecular complexity index is 671. The fourth-order valence-corrected chi connectivity index (χ4v) is 8.62. The number of fused-ring (bicyclic) bond motifs is 5. The van der Waals surface area contributed by atoms with Gasteiger partial charge in [0.05, 0.1) is 0 Å². The molecule has 0 bridgehead atoms. The summed E-state index contributed by atoms with van der Waals surface area (Å²) in [5.74, 6) is 3.01. The Hall–Kier alpha value is -0.830. The second-order valence-electron chi connectivity index (χ2n) is 10.2. The molecule has 3 heteroatoms. The van der Waals surface area contributed by atoms with Gasteiger partial charge in [-0.25, -0.2) is 0 Å². The lowest BCUT2D eigenvalue weighted by molar-refractivity contribution is -0.242. The van der Waals surface area contributed by atoms with E-state index in [9.17, 15) is 4.79 Å². The van der Waals surface area contributed by atoms with Crippen LogP contribution in [0.3, 0.4) is 0 Å². The van der Waals surface area contributed by atoms with E-state index in [1.54, 1.807) is 5.57 Å². The molecule has 8 atom stereocenters. The highest BCUT2D eigenvalue weighted by Gasteiger charge is 2.73. The second-order valence-corrected chi connectivity index (χ2v) is 10.2. The average molecular weight is 341 g/mol. The van der Waals surface area contributed by atoms with Gasteiger partial charge >= 0.3 is 5.97 Å². The smallest absolute Gasteiger partial charge is 0.306 e. The zero-order valence-electron chi connectivity index (χ0n) is 15.7. The molecular formula is C22H31NO2. The second kappa shape index (κ2) is 4.71. The fourth-order valence-electron chi connectivity index (χ4n) is 8.62. The summed E-state index contributed by atoms with van der Waals surface area (Å²) in [5, 5.41) is 0. The van der Waals surface area contributed by atoms with E-state index in [0.717, 1.165) is 24.2 Å². The standard InChI is InChI=1S/C22H31NO2/c1-13-12-23-19-16-5-3-4-14(16)6-7-17(19)21(2)22(11-9-18(24)25-21)10-8-15(13)20(22)23/h5,13-15,17,19-20H,3-4,6-12H2,1-2H3/t13?,14-,15?,17-,19-,20-,21+,22+/m1/s1. The maximum absolute atomic E-state index is 12.4. The minimum absolute atomic E-state index is 0.0670. The number of piperidine rings is 1. The largest absolute Gasteiger partial charge is 0.458 e. The number of esters is 1. The van der Waals surface area contributed by atoms with Crippen molar-refractivity contribution in [3.8, 4) is 0 Å².